The second-order valence-electron chi connectivity index (χ2n) is 14.2. The number of hydrogen-bond donors (Lipinski definition) is 2. The lowest BCUT2D eigenvalue weighted by Gasteiger charge is -2.32. The Morgan fingerprint density at radius 3 is 2.50 bits per heavy atom. The molecule has 0 spiro atoms. The van der Waals surface area contributed by atoms with Crippen LogP contribution in [0.1, 0.15) is 69.9 Å². The highest BCUT2D eigenvalue weighted by Crippen LogP contribution is 2.31. The molecule has 1 aromatic heterocycles. The molecule has 7 rings (SSSR count). The highest BCUT2D eigenvalue weighted by atomic mass is 79.9. The molecule has 0 radical (unpaired) electrons. The summed E-state index contributed by atoms with van der Waals surface area (Å²) in [6.45, 7) is 2.80. The fraction of sp³-hybridized carbons (Fsp3) is 0.385. The van der Waals surface area contributed by atoms with Crippen LogP contribution in [-0.4, -0.2) is 99.0 Å². The largest absolute Gasteiger partial charge is 0.339 e. The van der Waals surface area contributed by atoms with Gasteiger partial charge >= 0.3 is 0 Å². The predicted molar refractivity (Wildman–Crippen MR) is 203 cm³/mol. The van der Waals surface area contributed by atoms with Crippen molar-refractivity contribution in [2.75, 3.05) is 38.5 Å². The summed E-state index contributed by atoms with van der Waals surface area (Å²) >= 11 is 3.36. The monoisotopic (exact) mass is 794 g/mol. The van der Waals surface area contributed by atoms with Crippen LogP contribution >= 0.6 is 15.9 Å². The third-order valence-corrected chi connectivity index (χ3v) is 11.1. The molecule has 0 bridgehead atoms. The number of piperidine rings is 3. The summed E-state index contributed by atoms with van der Waals surface area (Å²) in [5.41, 5.74) is 4.60. The Morgan fingerprint density at radius 2 is 1.76 bits per heavy atom. The topological polar surface area (TPSA) is 166 Å². The first kappa shape index (κ1) is 36.9. The molecular formula is C39H39BrN8O6. The van der Waals surface area contributed by atoms with E-state index in [0.717, 1.165) is 24.2 Å². The zero-order valence-corrected chi connectivity index (χ0v) is 31.5. The van der Waals surface area contributed by atoms with Crippen molar-refractivity contribution >= 4 is 62.6 Å². The molecule has 4 aliphatic rings. The zero-order chi connectivity index (χ0) is 38.1. The van der Waals surface area contributed by atoms with E-state index in [1.54, 1.807) is 31.4 Å². The van der Waals surface area contributed by atoms with Crippen LogP contribution in [0.3, 0.4) is 0 Å². The number of amides is 5. The molecule has 1 unspecified atom stereocenters. The van der Waals surface area contributed by atoms with Gasteiger partial charge in [-0.3, -0.25) is 39.1 Å². The number of hydrogen-bond acceptors (Lipinski definition) is 9. The number of aryl methyl sites for hydroxylation is 1. The number of imide groups is 1. The first-order valence-electron chi connectivity index (χ1n) is 17.9. The SMILES string of the molecule is CN1CC(=Nc2cnn(C)c(=O)c2Br)C[C@H](c2ccc(C(=O)N3CCC(C#CC(=O)Nc4ccc5c(c4)CN(C4CCC(=O)NC4=O)C5=O)CC3)cc2)C1. The number of anilines is 1. The summed E-state index contributed by atoms with van der Waals surface area (Å²) in [5.74, 6) is 4.29. The molecular weight excluding hydrogens is 756 g/mol. The average Bonchev–Trinajstić information content (AvgIpc) is 3.48. The van der Waals surface area contributed by atoms with Gasteiger partial charge in [0.1, 0.15) is 16.2 Å². The molecule has 2 aromatic carbocycles. The van der Waals surface area contributed by atoms with Gasteiger partial charge in [0.05, 0.1) is 6.20 Å². The standard InChI is InChI=1S/C39H39BrN8O6/c1-45-20-26(17-29(22-45)42-31-19-41-46(2)39(54)35(31)40)24-4-6-25(7-5-24)37(52)47-15-13-23(14-16-47)3-11-33(49)43-28-8-9-30-27(18-28)21-48(38(30)53)32-10-12-34(50)44-36(32)51/h4-9,18-19,23,26,32H,10,12-17,20-22H2,1-2H3,(H,43,49)(H,44,50,51)/t26-,32?/m0/s1. The van der Waals surface area contributed by atoms with Crippen LogP contribution < -0.4 is 16.2 Å². The first-order chi connectivity index (χ1) is 25.9. The Hall–Kier alpha value is -5.46. The average molecular weight is 796 g/mol. The van der Waals surface area contributed by atoms with E-state index in [1.807, 2.05) is 36.2 Å². The van der Waals surface area contributed by atoms with Crippen molar-refractivity contribution in [1.82, 2.24) is 29.8 Å². The van der Waals surface area contributed by atoms with Crippen molar-refractivity contribution in [1.29, 1.82) is 0 Å². The number of fused-ring (bicyclic) bond motifs is 1. The Morgan fingerprint density at radius 1 is 1.00 bits per heavy atom. The second kappa shape index (κ2) is 15.5. The molecule has 3 fully saturated rings. The fourth-order valence-corrected chi connectivity index (χ4v) is 7.96. The molecule has 2 atom stereocenters. The Bertz CT molecular complexity index is 2200. The molecule has 0 saturated carbocycles. The van der Waals surface area contributed by atoms with E-state index in [4.69, 9.17) is 4.99 Å². The van der Waals surface area contributed by atoms with E-state index in [1.165, 1.54) is 9.58 Å². The maximum atomic E-state index is 13.4. The van der Waals surface area contributed by atoms with Gasteiger partial charge in [0.15, 0.2) is 0 Å². The highest BCUT2D eigenvalue weighted by molar-refractivity contribution is 9.10. The number of halogens is 1. The van der Waals surface area contributed by atoms with Gasteiger partial charge in [0.2, 0.25) is 11.8 Å². The number of rotatable bonds is 5. The molecule has 5 amide bonds. The number of carbonyl (C=O) groups excluding carboxylic acids is 5. The van der Waals surface area contributed by atoms with Crippen LogP contribution in [0.5, 0.6) is 0 Å². The number of aliphatic imine (C=N–C) groups is 1. The third-order valence-electron chi connectivity index (χ3n) is 10.4. The quantitative estimate of drug-likeness (QED) is 0.294. The van der Waals surface area contributed by atoms with Crippen molar-refractivity contribution in [2.24, 2.45) is 18.0 Å². The van der Waals surface area contributed by atoms with Crippen molar-refractivity contribution in [2.45, 2.75) is 50.6 Å². The lowest BCUT2D eigenvalue weighted by molar-refractivity contribution is -0.137. The van der Waals surface area contributed by atoms with Crippen molar-refractivity contribution < 1.29 is 24.0 Å². The maximum absolute atomic E-state index is 13.4. The summed E-state index contributed by atoms with van der Waals surface area (Å²) in [4.78, 5) is 85.5. The second-order valence-corrected chi connectivity index (χ2v) is 15.0. The van der Waals surface area contributed by atoms with E-state index in [0.29, 0.717) is 65.0 Å². The molecule has 3 saturated heterocycles. The summed E-state index contributed by atoms with van der Waals surface area (Å²) < 4.78 is 1.65. The third kappa shape index (κ3) is 7.90. The molecule has 54 heavy (non-hydrogen) atoms. The molecule has 4 aliphatic heterocycles. The summed E-state index contributed by atoms with van der Waals surface area (Å²) in [6, 6.07) is 12.0. The molecule has 14 nitrogen and oxygen atoms in total. The first-order valence-corrected chi connectivity index (χ1v) is 18.7. The van der Waals surface area contributed by atoms with Crippen molar-refractivity contribution in [3.05, 3.63) is 85.7 Å². The minimum absolute atomic E-state index is 0.0312. The Kier molecular flexibility index (Phi) is 10.6. The van der Waals surface area contributed by atoms with Gasteiger partial charge in [-0.15, -0.1) is 0 Å². The number of carbonyl (C=O) groups is 5. The summed E-state index contributed by atoms with van der Waals surface area (Å²) in [6.07, 6.45) is 4.06. The van der Waals surface area contributed by atoms with Gasteiger partial charge < -0.3 is 20.0 Å². The van der Waals surface area contributed by atoms with Gasteiger partial charge in [-0.25, -0.2) is 4.68 Å². The molecule has 278 valence electrons. The number of likely N-dealkylation sites (N-methyl/N-ethyl adjacent to an activating group) is 1. The van der Waals surface area contributed by atoms with Crippen LogP contribution in [0.25, 0.3) is 0 Å². The summed E-state index contributed by atoms with van der Waals surface area (Å²) in [5, 5.41) is 9.17. The molecule has 3 aromatic rings. The van der Waals surface area contributed by atoms with Crippen LogP contribution in [0.2, 0.25) is 0 Å². The highest BCUT2D eigenvalue weighted by Gasteiger charge is 2.39. The minimum Gasteiger partial charge on any atom is -0.339 e. The van der Waals surface area contributed by atoms with E-state index < -0.39 is 17.9 Å². The van der Waals surface area contributed by atoms with E-state index >= 15 is 0 Å². The Labute approximate surface area is 320 Å². The molecule has 5 heterocycles. The molecule has 2 N–H and O–H groups in total. The smallest absolute Gasteiger partial charge is 0.300 e. The maximum Gasteiger partial charge on any atom is 0.300 e. The number of aromatic nitrogens is 2. The molecule has 0 aliphatic carbocycles. The summed E-state index contributed by atoms with van der Waals surface area (Å²) in [7, 11) is 3.63. The number of nitrogens with one attached hydrogen (secondary N) is 2. The van der Waals surface area contributed by atoms with Crippen molar-refractivity contribution in [3.63, 3.8) is 0 Å². The van der Waals surface area contributed by atoms with E-state index in [2.05, 4.69) is 48.4 Å². The van der Waals surface area contributed by atoms with E-state index in [9.17, 15) is 28.8 Å². The van der Waals surface area contributed by atoms with Crippen LogP contribution in [0.4, 0.5) is 11.4 Å². The lowest BCUT2D eigenvalue weighted by atomic mass is 9.89. The lowest BCUT2D eigenvalue weighted by Crippen LogP contribution is -2.52. The van der Waals surface area contributed by atoms with Crippen molar-refractivity contribution in [3.8, 4) is 11.8 Å². The Balaban J connectivity index is 0.900. The number of likely N-dealkylation sites (tertiary alicyclic amines) is 2. The van der Waals surface area contributed by atoms with Gasteiger partial charge in [0.25, 0.3) is 23.3 Å². The zero-order valence-electron chi connectivity index (χ0n) is 29.9. The van der Waals surface area contributed by atoms with Crippen LogP contribution in [-0.2, 0) is 28.0 Å². The fourth-order valence-electron chi connectivity index (χ4n) is 7.51. The van der Waals surface area contributed by atoms with Gasteiger partial charge in [-0.2, -0.15) is 5.10 Å². The van der Waals surface area contributed by atoms with Gasteiger partial charge in [-0.05, 0) is 96.0 Å². The number of benzene rings is 2. The van der Waals surface area contributed by atoms with E-state index in [-0.39, 0.29) is 54.5 Å². The van der Waals surface area contributed by atoms with Crippen LogP contribution in [0, 0.1) is 17.8 Å². The molecule has 15 heteroatoms. The van der Waals surface area contributed by atoms with Crippen LogP contribution in [0.15, 0.2) is 62.9 Å². The number of nitrogens with zero attached hydrogens (tertiary/aromatic N) is 6. The predicted octanol–water partition coefficient (Wildman–Crippen LogP) is 2.99. The van der Waals surface area contributed by atoms with Gasteiger partial charge in [0, 0.05) is 80.6 Å². The minimum atomic E-state index is -0.708. The normalized spacial score (nSPS) is 21.4. The van der Waals surface area contributed by atoms with Gasteiger partial charge in [-0.1, -0.05) is 18.1 Å².